The van der Waals surface area contributed by atoms with Crippen LogP contribution < -0.4 is 10.5 Å². The maximum absolute atomic E-state index is 6.31. The molecule has 5 heterocycles. The molecule has 1 aromatic carbocycles. The maximum Gasteiger partial charge on any atom is 0.178 e. The predicted molar refractivity (Wildman–Crippen MR) is 161 cm³/mol. The van der Waals surface area contributed by atoms with Gasteiger partial charge in [0, 0.05) is 68.5 Å². The first-order valence-corrected chi connectivity index (χ1v) is 15.0. The van der Waals surface area contributed by atoms with Gasteiger partial charge in [0.05, 0.1) is 12.1 Å². The molecule has 2 N–H and O–H groups in total. The fourth-order valence-electron chi connectivity index (χ4n) is 6.59. The topological polar surface area (TPSA) is 109 Å². The summed E-state index contributed by atoms with van der Waals surface area (Å²) in [6.45, 7) is 11.3. The van der Waals surface area contributed by atoms with E-state index >= 15 is 0 Å². The highest BCUT2D eigenvalue weighted by Gasteiger charge is 2.31. The first-order valence-electron chi connectivity index (χ1n) is 15.0. The number of hydrogen-bond donors (Lipinski definition) is 1. The third kappa shape index (κ3) is 5.42. The van der Waals surface area contributed by atoms with Crippen LogP contribution in [0, 0.1) is 12.8 Å². The third-order valence-corrected chi connectivity index (χ3v) is 8.59. The Hall–Kier alpha value is -3.50. The van der Waals surface area contributed by atoms with Crippen molar-refractivity contribution >= 4 is 11.3 Å². The van der Waals surface area contributed by atoms with Crippen LogP contribution in [0.4, 0.5) is 0 Å². The number of aryl methyl sites for hydroxylation is 1. The van der Waals surface area contributed by atoms with Gasteiger partial charge in [-0.1, -0.05) is 6.07 Å². The van der Waals surface area contributed by atoms with E-state index in [-0.39, 0.29) is 6.04 Å². The molecule has 0 spiro atoms. The van der Waals surface area contributed by atoms with Crippen molar-refractivity contribution in [3.8, 4) is 28.7 Å². The van der Waals surface area contributed by atoms with Gasteiger partial charge in [-0.05, 0) is 70.7 Å². The standard InChI is InChI=1S/C31H42N8O2/c1-20(2)39-31(34-21(3)36-39)27-19-38-12-15-41-28-16-22(7-8-25(28)30(38)35-27)26(17-32)29(33-4)23-6-5-11-37(18-23)24-9-13-40-14-10-24/h7-8,16-17,19-20,23-24H,5-6,9-15,18,32H2,1-4H3. The molecule has 0 bridgehead atoms. The zero-order valence-electron chi connectivity index (χ0n) is 24.7. The van der Waals surface area contributed by atoms with Crippen LogP contribution in [0.1, 0.15) is 57.0 Å². The van der Waals surface area contributed by atoms with E-state index in [4.69, 9.17) is 25.2 Å². The van der Waals surface area contributed by atoms with Crippen LogP contribution in [0.25, 0.3) is 28.5 Å². The number of likely N-dealkylation sites (tertiary alicyclic amines) is 1. The molecule has 2 fully saturated rings. The number of piperidine rings is 1. The van der Waals surface area contributed by atoms with Gasteiger partial charge in [-0.2, -0.15) is 5.10 Å². The number of aliphatic imine (C=N–C) groups is 1. The minimum atomic E-state index is 0.190. The summed E-state index contributed by atoms with van der Waals surface area (Å²) >= 11 is 0. The van der Waals surface area contributed by atoms with E-state index in [1.54, 1.807) is 6.20 Å². The molecule has 1 unspecified atom stereocenters. The lowest BCUT2D eigenvalue weighted by atomic mass is 9.85. The number of benzene rings is 1. The van der Waals surface area contributed by atoms with Crippen molar-refractivity contribution in [1.29, 1.82) is 0 Å². The number of fused-ring (bicyclic) bond motifs is 3. The van der Waals surface area contributed by atoms with E-state index < -0.39 is 0 Å². The van der Waals surface area contributed by atoms with Crippen molar-refractivity contribution < 1.29 is 9.47 Å². The minimum Gasteiger partial charge on any atom is -0.491 e. The molecule has 0 saturated carbocycles. The zero-order chi connectivity index (χ0) is 28.5. The molecule has 0 radical (unpaired) electrons. The largest absolute Gasteiger partial charge is 0.491 e. The van der Waals surface area contributed by atoms with Crippen LogP contribution in [0.2, 0.25) is 0 Å². The van der Waals surface area contributed by atoms with Gasteiger partial charge in [-0.3, -0.25) is 9.89 Å². The number of allylic oxidation sites excluding steroid dienone is 1. The van der Waals surface area contributed by atoms with Crippen molar-refractivity contribution in [3.63, 3.8) is 0 Å². The van der Waals surface area contributed by atoms with Crippen LogP contribution in [-0.2, 0) is 11.3 Å². The Morgan fingerprint density at radius 3 is 2.68 bits per heavy atom. The third-order valence-electron chi connectivity index (χ3n) is 8.59. The molecule has 3 aromatic rings. The summed E-state index contributed by atoms with van der Waals surface area (Å²) < 4.78 is 16.0. The molecule has 10 nitrogen and oxygen atoms in total. The molecule has 10 heteroatoms. The second-order valence-corrected chi connectivity index (χ2v) is 11.6. The van der Waals surface area contributed by atoms with E-state index in [0.29, 0.717) is 25.1 Å². The average Bonchev–Trinajstić information content (AvgIpc) is 3.55. The fraction of sp³-hybridized carbons (Fsp3) is 0.548. The Bertz CT molecular complexity index is 1450. The van der Waals surface area contributed by atoms with Gasteiger partial charge in [0.15, 0.2) is 5.82 Å². The fourth-order valence-corrected chi connectivity index (χ4v) is 6.59. The van der Waals surface area contributed by atoms with Gasteiger partial charge in [0.25, 0.3) is 0 Å². The molecule has 2 saturated heterocycles. The van der Waals surface area contributed by atoms with Crippen molar-refractivity contribution in [1.82, 2.24) is 29.2 Å². The molecule has 0 aliphatic carbocycles. The second-order valence-electron chi connectivity index (χ2n) is 11.6. The summed E-state index contributed by atoms with van der Waals surface area (Å²) in [4.78, 5) is 17.2. The molecule has 1 atom stereocenters. The van der Waals surface area contributed by atoms with Crippen LogP contribution in [0.5, 0.6) is 5.75 Å². The van der Waals surface area contributed by atoms with E-state index in [1.165, 1.54) is 6.42 Å². The number of nitrogens with zero attached hydrogens (tertiary/aromatic N) is 7. The highest BCUT2D eigenvalue weighted by atomic mass is 16.5. The molecule has 218 valence electrons. The van der Waals surface area contributed by atoms with E-state index in [0.717, 1.165) is 96.9 Å². The maximum atomic E-state index is 6.31. The van der Waals surface area contributed by atoms with E-state index in [9.17, 15) is 0 Å². The summed E-state index contributed by atoms with van der Waals surface area (Å²) in [5.41, 5.74) is 11.2. The van der Waals surface area contributed by atoms with Crippen molar-refractivity contribution in [2.24, 2.45) is 16.6 Å². The molecule has 41 heavy (non-hydrogen) atoms. The molecular formula is C31H42N8O2. The highest BCUT2D eigenvalue weighted by Crippen LogP contribution is 2.37. The first kappa shape index (κ1) is 27.7. The normalized spacial score (nSPS) is 21.0. The van der Waals surface area contributed by atoms with Crippen LogP contribution in [0.15, 0.2) is 35.6 Å². The number of ether oxygens (including phenoxy) is 2. The van der Waals surface area contributed by atoms with Gasteiger partial charge >= 0.3 is 0 Å². The second kappa shape index (κ2) is 11.8. The Balaban J connectivity index is 1.28. The number of imidazole rings is 1. The SMILES string of the molecule is CN=C(C(=CN)c1ccc2c(c1)OCCn1cc(-c3nc(C)nn3C(C)C)nc1-2)C1CCCN(C2CCOCC2)C1. The highest BCUT2D eigenvalue weighted by molar-refractivity contribution is 6.25. The molecule has 0 amide bonds. The summed E-state index contributed by atoms with van der Waals surface area (Å²) in [6, 6.07) is 7.11. The Morgan fingerprint density at radius 2 is 1.93 bits per heavy atom. The van der Waals surface area contributed by atoms with Crippen LogP contribution in [-0.4, -0.2) is 80.9 Å². The summed E-state index contributed by atoms with van der Waals surface area (Å²) in [7, 11) is 1.89. The van der Waals surface area contributed by atoms with Crippen molar-refractivity contribution in [3.05, 3.63) is 42.0 Å². The molecule has 6 rings (SSSR count). The first-order chi connectivity index (χ1) is 20.0. The summed E-state index contributed by atoms with van der Waals surface area (Å²) in [5, 5.41) is 4.58. The molecular weight excluding hydrogens is 516 g/mol. The van der Waals surface area contributed by atoms with Crippen molar-refractivity contribution in [2.45, 2.75) is 65.1 Å². The zero-order valence-corrected chi connectivity index (χ0v) is 24.7. The van der Waals surface area contributed by atoms with Gasteiger partial charge in [0.1, 0.15) is 29.7 Å². The lowest BCUT2D eigenvalue weighted by Gasteiger charge is -2.40. The number of rotatable bonds is 6. The van der Waals surface area contributed by atoms with E-state index in [2.05, 4.69) is 57.8 Å². The smallest absolute Gasteiger partial charge is 0.178 e. The monoisotopic (exact) mass is 558 g/mol. The Kier molecular flexibility index (Phi) is 7.94. The van der Waals surface area contributed by atoms with Gasteiger partial charge in [0.2, 0.25) is 0 Å². The predicted octanol–water partition coefficient (Wildman–Crippen LogP) is 4.35. The average molecular weight is 559 g/mol. The lowest BCUT2D eigenvalue weighted by molar-refractivity contribution is 0.0232. The van der Waals surface area contributed by atoms with Gasteiger partial charge < -0.3 is 19.8 Å². The van der Waals surface area contributed by atoms with E-state index in [1.807, 2.05) is 18.7 Å². The minimum absolute atomic E-state index is 0.190. The summed E-state index contributed by atoms with van der Waals surface area (Å²) in [6.07, 6.45) is 8.28. The van der Waals surface area contributed by atoms with Gasteiger partial charge in [-0.25, -0.2) is 14.6 Å². The molecule has 3 aliphatic rings. The Labute approximate surface area is 242 Å². The molecule has 2 aromatic heterocycles. The van der Waals surface area contributed by atoms with Crippen molar-refractivity contribution in [2.75, 3.05) is 40.0 Å². The Morgan fingerprint density at radius 1 is 1.10 bits per heavy atom. The van der Waals surface area contributed by atoms with Crippen LogP contribution in [0.3, 0.4) is 0 Å². The number of aromatic nitrogens is 5. The quantitative estimate of drug-likeness (QED) is 0.448. The number of nitrogens with two attached hydrogens (primary N) is 1. The van der Waals surface area contributed by atoms with Crippen LogP contribution >= 0.6 is 0 Å². The molecule has 3 aliphatic heterocycles. The number of hydrogen-bond acceptors (Lipinski definition) is 8. The van der Waals surface area contributed by atoms with Gasteiger partial charge in [-0.15, -0.1) is 0 Å². The summed E-state index contributed by atoms with van der Waals surface area (Å²) in [5.74, 6) is 3.55. The lowest BCUT2D eigenvalue weighted by Crippen LogP contribution is -2.46.